The van der Waals surface area contributed by atoms with E-state index in [2.05, 4.69) is 5.32 Å². The number of ether oxygens (including phenoxy) is 1. The lowest BCUT2D eigenvalue weighted by atomic mass is 10.1. The van der Waals surface area contributed by atoms with Crippen molar-refractivity contribution < 1.29 is 22.7 Å². The largest absolute Gasteiger partial charge is 0.497 e. The van der Waals surface area contributed by atoms with Gasteiger partial charge in [-0.25, -0.2) is 8.42 Å². The summed E-state index contributed by atoms with van der Waals surface area (Å²) in [6, 6.07) is 21.8. The maximum absolute atomic E-state index is 14.2. The number of carbonyl (C=O) groups excluding carboxylic acids is 2. The van der Waals surface area contributed by atoms with Gasteiger partial charge in [0, 0.05) is 13.1 Å². The molecule has 3 aromatic rings. The molecular weight excluding hydrogens is 538 g/mol. The van der Waals surface area contributed by atoms with Crippen LogP contribution in [0.3, 0.4) is 0 Å². The lowest BCUT2D eigenvalue weighted by Gasteiger charge is -2.33. The Morgan fingerprint density at radius 1 is 0.902 bits per heavy atom. The number of methoxy groups -OCH3 is 1. The molecule has 41 heavy (non-hydrogen) atoms. The van der Waals surface area contributed by atoms with Crippen LogP contribution >= 0.6 is 0 Å². The van der Waals surface area contributed by atoms with Crippen molar-refractivity contribution in [3.8, 4) is 5.75 Å². The average Bonchev–Trinajstić information content (AvgIpc) is 3.00. The molecule has 0 fully saturated rings. The first kappa shape index (κ1) is 31.7. The molecule has 0 aliphatic carbocycles. The molecular formula is C32H41N3O5S. The highest BCUT2D eigenvalue weighted by molar-refractivity contribution is 7.92. The lowest BCUT2D eigenvalue weighted by Crippen LogP contribution is -2.52. The Bertz CT molecular complexity index is 1380. The predicted molar refractivity (Wildman–Crippen MR) is 162 cm³/mol. The number of sulfonamides is 1. The number of nitrogens with zero attached hydrogens (tertiary/aromatic N) is 2. The summed E-state index contributed by atoms with van der Waals surface area (Å²) in [6.45, 7) is 6.02. The van der Waals surface area contributed by atoms with E-state index >= 15 is 0 Å². The minimum atomic E-state index is -4.10. The van der Waals surface area contributed by atoms with E-state index in [-0.39, 0.29) is 17.3 Å². The molecule has 9 heteroatoms. The zero-order valence-corrected chi connectivity index (χ0v) is 25.2. The summed E-state index contributed by atoms with van der Waals surface area (Å²) < 4.78 is 34.4. The third-order valence-corrected chi connectivity index (χ3v) is 8.75. The molecule has 0 unspecified atom stereocenters. The van der Waals surface area contributed by atoms with Crippen molar-refractivity contribution in [3.05, 3.63) is 90.0 Å². The first-order valence-corrected chi connectivity index (χ1v) is 15.6. The zero-order valence-electron chi connectivity index (χ0n) is 24.4. The van der Waals surface area contributed by atoms with Crippen molar-refractivity contribution >= 4 is 27.5 Å². The van der Waals surface area contributed by atoms with E-state index in [1.807, 2.05) is 45.0 Å². The number of amides is 2. The van der Waals surface area contributed by atoms with Crippen molar-refractivity contribution in [1.29, 1.82) is 0 Å². The third-order valence-electron chi connectivity index (χ3n) is 6.98. The van der Waals surface area contributed by atoms with Gasteiger partial charge in [-0.1, -0.05) is 75.7 Å². The quantitative estimate of drug-likeness (QED) is 0.251. The van der Waals surface area contributed by atoms with Gasteiger partial charge >= 0.3 is 0 Å². The van der Waals surface area contributed by atoms with Gasteiger partial charge in [0.05, 0.1) is 17.7 Å². The van der Waals surface area contributed by atoms with Crippen LogP contribution in [0.4, 0.5) is 5.69 Å². The predicted octanol–water partition coefficient (Wildman–Crippen LogP) is 5.18. The van der Waals surface area contributed by atoms with Gasteiger partial charge in [0.25, 0.3) is 10.0 Å². The number of aryl methyl sites for hydroxylation is 1. The van der Waals surface area contributed by atoms with Crippen LogP contribution in [0.25, 0.3) is 0 Å². The SMILES string of the molecule is CCCCNC(=O)[C@@H](CC)N(Cc1ccc(OC)cc1)C(=O)CN(c1ccccc1CC)S(=O)(=O)c1ccccc1. The lowest BCUT2D eigenvalue weighted by molar-refractivity contribution is -0.140. The molecule has 0 radical (unpaired) electrons. The number of hydrogen-bond donors (Lipinski definition) is 1. The Kier molecular flexibility index (Phi) is 11.8. The van der Waals surface area contributed by atoms with Gasteiger partial charge in [-0.15, -0.1) is 0 Å². The summed E-state index contributed by atoms with van der Waals surface area (Å²) in [5.74, 6) is -0.0507. The molecule has 0 bridgehead atoms. The van der Waals surface area contributed by atoms with Crippen LogP contribution in [0.5, 0.6) is 5.75 Å². The van der Waals surface area contributed by atoms with Crippen molar-refractivity contribution in [2.24, 2.45) is 0 Å². The first-order chi connectivity index (χ1) is 19.8. The second-order valence-corrected chi connectivity index (χ2v) is 11.6. The van der Waals surface area contributed by atoms with Crippen molar-refractivity contribution in [1.82, 2.24) is 10.2 Å². The fourth-order valence-corrected chi connectivity index (χ4v) is 6.11. The van der Waals surface area contributed by atoms with E-state index in [1.165, 1.54) is 21.3 Å². The normalized spacial score (nSPS) is 11.9. The van der Waals surface area contributed by atoms with Gasteiger partial charge in [0.2, 0.25) is 11.8 Å². The molecule has 0 heterocycles. The second-order valence-electron chi connectivity index (χ2n) is 9.75. The number of benzene rings is 3. The van der Waals surface area contributed by atoms with Gasteiger partial charge in [-0.3, -0.25) is 13.9 Å². The maximum atomic E-state index is 14.2. The summed E-state index contributed by atoms with van der Waals surface area (Å²) in [6.07, 6.45) is 2.70. The Morgan fingerprint density at radius 2 is 1.56 bits per heavy atom. The summed E-state index contributed by atoms with van der Waals surface area (Å²) in [7, 11) is -2.52. The van der Waals surface area contributed by atoms with Crippen LogP contribution < -0.4 is 14.4 Å². The van der Waals surface area contributed by atoms with Gasteiger partial charge in [-0.05, 0) is 60.7 Å². The highest BCUT2D eigenvalue weighted by Crippen LogP contribution is 2.28. The first-order valence-electron chi connectivity index (χ1n) is 14.1. The van der Waals surface area contributed by atoms with Gasteiger partial charge in [0.15, 0.2) is 0 Å². The topological polar surface area (TPSA) is 96.0 Å². The average molecular weight is 580 g/mol. The maximum Gasteiger partial charge on any atom is 0.264 e. The molecule has 8 nitrogen and oxygen atoms in total. The number of unbranched alkanes of at least 4 members (excludes halogenated alkanes) is 1. The van der Waals surface area contributed by atoms with Gasteiger partial charge in [0.1, 0.15) is 18.3 Å². The molecule has 3 aromatic carbocycles. The van der Waals surface area contributed by atoms with E-state index in [9.17, 15) is 18.0 Å². The van der Waals surface area contributed by atoms with Crippen LogP contribution in [-0.2, 0) is 32.6 Å². The zero-order chi connectivity index (χ0) is 29.8. The molecule has 0 saturated carbocycles. The summed E-state index contributed by atoms with van der Waals surface area (Å²) in [4.78, 5) is 29.1. The van der Waals surface area contributed by atoms with E-state index in [4.69, 9.17) is 4.74 Å². The minimum absolute atomic E-state index is 0.0877. The van der Waals surface area contributed by atoms with E-state index < -0.39 is 28.5 Å². The molecule has 3 rings (SSSR count). The molecule has 0 aliphatic rings. The molecule has 0 saturated heterocycles. The highest BCUT2D eigenvalue weighted by Gasteiger charge is 2.34. The Hall–Kier alpha value is -3.85. The van der Waals surface area contributed by atoms with Crippen molar-refractivity contribution in [2.75, 3.05) is 24.5 Å². The minimum Gasteiger partial charge on any atom is -0.497 e. The molecule has 0 aliphatic heterocycles. The molecule has 220 valence electrons. The fourth-order valence-electron chi connectivity index (χ4n) is 4.64. The van der Waals surface area contributed by atoms with Gasteiger partial charge in [-0.2, -0.15) is 0 Å². The van der Waals surface area contributed by atoms with E-state index in [0.717, 1.165) is 24.0 Å². The Balaban J connectivity index is 2.05. The van der Waals surface area contributed by atoms with Crippen LogP contribution in [0.2, 0.25) is 0 Å². The van der Waals surface area contributed by atoms with Crippen molar-refractivity contribution in [2.45, 2.75) is 63.9 Å². The smallest absolute Gasteiger partial charge is 0.264 e. The third kappa shape index (κ3) is 8.10. The molecule has 0 spiro atoms. The monoisotopic (exact) mass is 579 g/mol. The summed E-state index contributed by atoms with van der Waals surface area (Å²) in [5, 5.41) is 2.95. The van der Waals surface area contributed by atoms with E-state index in [1.54, 1.807) is 49.6 Å². The number of carbonyl (C=O) groups is 2. The van der Waals surface area contributed by atoms with E-state index in [0.29, 0.717) is 30.8 Å². The second kappa shape index (κ2) is 15.2. The highest BCUT2D eigenvalue weighted by atomic mass is 32.2. The number of rotatable bonds is 15. The van der Waals surface area contributed by atoms with Crippen LogP contribution in [0, 0.1) is 0 Å². The number of nitrogens with one attached hydrogen (secondary N) is 1. The summed E-state index contributed by atoms with van der Waals surface area (Å²) in [5.41, 5.74) is 2.04. The van der Waals surface area contributed by atoms with Crippen LogP contribution in [-0.4, -0.2) is 51.4 Å². The fraction of sp³-hybridized carbons (Fsp3) is 0.375. The number of para-hydroxylation sites is 1. The molecule has 2 amide bonds. The van der Waals surface area contributed by atoms with Gasteiger partial charge < -0.3 is 15.0 Å². The van der Waals surface area contributed by atoms with Crippen LogP contribution in [0.15, 0.2) is 83.8 Å². The molecule has 1 atom stereocenters. The Labute approximate surface area is 244 Å². The Morgan fingerprint density at radius 3 is 2.17 bits per heavy atom. The standard InChI is InChI=1S/C32H41N3O5S/c1-5-8-22-33-32(37)29(7-3)34(23-25-18-20-27(40-4)21-19-25)31(36)24-35(30-17-13-12-14-26(30)6-2)41(38,39)28-15-10-9-11-16-28/h9-21,29H,5-8,22-24H2,1-4H3,(H,33,37)/t29-/m1/s1. The molecule has 1 N–H and O–H groups in total. The summed E-state index contributed by atoms with van der Waals surface area (Å²) >= 11 is 0. The molecule has 0 aromatic heterocycles. The van der Waals surface area contributed by atoms with Crippen molar-refractivity contribution in [3.63, 3.8) is 0 Å². The van der Waals surface area contributed by atoms with Crippen LogP contribution in [0.1, 0.15) is 51.2 Å². The number of anilines is 1. The number of hydrogen-bond acceptors (Lipinski definition) is 5.